The first-order chi connectivity index (χ1) is 11.5. The Balaban J connectivity index is 2.00. The summed E-state index contributed by atoms with van der Waals surface area (Å²) < 4.78 is 10.4. The van der Waals surface area contributed by atoms with Crippen LogP contribution in [0.3, 0.4) is 0 Å². The first-order valence-electron chi connectivity index (χ1n) is 8.41. The Bertz CT molecular complexity index is 582. The number of nitrogens with one attached hydrogen (secondary N) is 1. The SMILES string of the molecule is CCN(C[C@H]1CCCCO1)C(=O)Nc1ccc(C(=O)OC)cc1C. The monoisotopic (exact) mass is 334 g/mol. The second-order valence-corrected chi connectivity index (χ2v) is 5.98. The van der Waals surface area contributed by atoms with Crippen molar-refractivity contribution >= 4 is 17.7 Å². The van der Waals surface area contributed by atoms with Crippen LogP contribution >= 0.6 is 0 Å². The van der Waals surface area contributed by atoms with Crippen molar-refractivity contribution in [3.05, 3.63) is 29.3 Å². The smallest absolute Gasteiger partial charge is 0.337 e. The van der Waals surface area contributed by atoms with Crippen molar-refractivity contribution in [2.75, 3.05) is 32.1 Å². The van der Waals surface area contributed by atoms with E-state index in [2.05, 4.69) is 5.32 Å². The molecule has 2 amide bonds. The first kappa shape index (κ1) is 18.3. The summed E-state index contributed by atoms with van der Waals surface area (Å²) in [5, 5.41) is 2.91. The molecule has 0 bridgehead atoms. The number of benzene rings is 1. The number of ether oxygens (including phenoxy) is 2. The van der Waals surface area contributed by atoms with Crippen molar-refractivity contribution in [2.24, 2.45) is 0 Å². The number of carbonyl (C=O) groups excluding carboxylic acids is 2. The Kier molecular flexibility index (Phi) is 6.61. The van der Waals surface area contributed by atoms with Crippen LogP contribution in [0.1, 0.15) is 42.1 Å². The molecule has 1 aliphatic heterocycles. The quantitative estimate of drug-likeness (QED) is 0.840. The molecule has 0 spiro atoms. The molecule has 0 aromatic heterocycles. The van der Waals surface area contributed by atoms with Gasteiger partial charge in [-0.3, -0.25) is 0 Å². The highest BCUT2D eigenvalue weighted by Gasteiger charge is 2.21. The van der Waals surface area contributed by atoms with Gasteiger partial charge in [0.25, 0.3) is 0 Å². The van der Waals surface area contributed by atoms with Crippen LogP contribution in [0.2, 0.25) is 0 Å². The topological polar surface area (TPSA) is 67.9 Å². The molecule has 1 heterocycles. The molecule has 0 saturated carbocycles. The van der Waals surface area contributed by atoms with Gasteiger partial charge in [-0.25, -0.2) is 9.59 Å². The van der Waals surface area contributed by atoms with Gasteiger partial charge in [-0.2, -0.15) is 0 Å². The molecule has 1 aromatic rings. The zero-order valence-electron chi connectivity index (χ0n) is 14.6. The summed E-state index contributed by atoms with van der Waals surface area (Å²) in [6.45, 7) is 5.79. The molecule has 2 rings (SSSR count). The highest BCUT2D eigenvalue weighted by atomic mass is 16.5. The summed E-state index contributed by atoms with van der Waals surface area (Å²) in [6.07, 6.45) is 3.36. The van der Waals surface area contributed by atoms with E-state index in [4.69, 9.17) is 9.47 Å². The van der Waals surface area contributed by atoms with E-state index in [1.165, 1.54) is 7.11 Å². The zero-order chi connectivity index (χ0) is 17.5. The summed E-state index contributed by atoms with van der Waals surface area (Å²) in [6, 6.07) is 4.93. The Morgan fingerprint density at radius 3 is 2.75 bits per heavy atom. The summed E-state index contributed by atoms with van der Waals surface area (Å²) in [4.78, 5) is 25.8. The molecule has 1 aromatic carbocycles. The average molecular weight is 334 g/mol. The van der Waals surface area contributed by atoms with E-state index in [0.717, 1.165) is 31.4 Å². The fourth-order valence-electron chi connectivity index (χ4n) is 2.80. The minimum absolute atomic E-state index is 0.118. The van der Waals surface area contributed by atoms with Crippen molar-refractivity contribution in [1.82, 2.24) is 4.90 Å². The number of hydrogen-bond donors (Lipinski definition) is 1. The number of methoxy groups -OCH3 is 1. The van der Waals surface area contributed by atoms with E-state index >= 15 is 0 Å². The van der Waals surface area contributed by atoms with Gasteiger partial charge in [-0.15, -0.1) is 0 Å². The molecule has 1 atom stereocenters. The molecule has 1 saturated heterocycles. The molecule has 1 N–H and O–H groups in total. The minimum Gasteiger partial charge on any atom is -0.465 e. The summed E-state index contributed by atoms with van der Waals surface area (Å²) in [5.41, 5.74) is 1.97. The maximum absolute atomic E-state index is 12.5. The van der Waals surface area contributed by atoms with Crippen LogP contribution in [0.5, 0.6) is 0 Å². The largest absolute Gasteiger partial charge is 0.465 e. The Morgan fingerprint density at radius 2 is 2.17 bits per heavy atom. The number of likely N-dealkylation sites (N-methyl/N-ethyl adjacent to an activating group) is 1. The predicted octanol–water partition coefficient (Wildman–Crippen LogP) is 3.20. The molecule has 6 heteroatoms. The lowest BCUT2D eigenvalue weighted by atomic mass is 10.1. The Hall–Kier alpha value is -2.08. The minimum atomic E-state index is -0.388. The molecular formula is C18H26N2O4. The fourth-order valence-corrected chi connectivity index (χ4v) is 2.80. The van der Waals surface area contributed by atoms with E-state index in [1.807, 2.05) is 13.8 Å². The highest BCUT2D eigenvalue weighted by Crippen LogP contribution is 2.19. The van der Waals surface area contributed by atoms with Crippen molar-refractivity contribution in [2.45, 2.75) is 39.2 Å². The summed E-state index contributed by atoms with van der Waals surface area (Å²) >= 11 is 0. The van der Waals surface area contributed by atoms with Gasteiger partial charge in [0.1, 0.15) is 0 Å². The van der Waals surface area contributed by atoms with Gasteiger partial charge in [-0.05, 0) is 56.9 Å². The number of hydrogen-bond acceptors (Lipinski definition) is 4. The van der Waals surface area contributed by atoms with Gasteiger partial charge < -0.3 is 19.7 Å². The van der Waals surface area contributed by atoms with Gasteiger partial charge >= 0.3 is 12.0 Å². The average Bonchev–Trinajstić information content (AvgIpc) is 2.61. The van der Waals surface area contributed by atoms with Gasteiger partial charge in [0.05, 0.1) is 18.8 Å². The standard InChI is InChI=1S/C18H26N2O4/c1-4-20(12-15-7-5-6-10-24-15)18(22)19-16-9-8-14(11-13(16)2)17(21)23-3/h8-9,11,15H,4-7,10,12H2,1-3H3,(H,19,22)/t15-/m1/s1. The van der Waals surface area contributed by atoms with Crippen LogP contribution in [-0.4, -0.2) is 49.8 Å². The van der Waals surface area contributed by atoms with Crippen LogP contribution in [0.15, 0.2) is 18.2 Å². The van der Waals surface area contributed by atoms with Crippen molar-refractivity contribution in [1.29, 1.82) is 0 Å². The lowest BCUT2D eigenvalue weighted by molar-refractivity contribution is 0.00221. The summed E-state index contributed by atoms with van der Waals surface area (Å²) in [7, 11) is 1.35. The van der Waals surface area contributed by atoms with E-state index in [1.54, 1.807) is 23.1 Å². The molecule has 1 aliphatic rings. The van der Waals surface area contributed by atoms with Crippen molar-refractivity contribution in [3.63, 3.8) is 0 Å². The molecule has 0 radical (unpaired) electrons. The molecule has 24 heavy (non-hydrogen) atoms. The van der Waals surface area contributed by atoms with Gasteiger partial charge in [0.15, 0.2) is 0 Å². The number of anilines is 1. The number of esters is 1. The van der Waals surface area contributed by atoms with E-state index in [-0.39, 0.29) is 18.1 Å². The van der Waals surface area contributed by atoms with Crippen LogP contribution < -0.4 is 5.32 Å². The number of amides is 2. The molecule has 0 aliphatic carbocycles. The third-order valence-corrected chi connectivity index (χ3v) is 4.26. The number of carbonyl (C=O) groups is 2. The second kappa shape index (κ2) is 8.68. The van der Waals surface area contributed by atoms with E-state index in [9.17, 15) is 9.59 Å². The van der Waals surface area contributed by atoms with E-state index in [0.29, 0.717) is 24.3 Å². The summed E-state index contributed by atoms with van der Waals surface area (Å²) in [5.74, 6) is -0.388. The zero-order valence-corrected chi connectivity index (χ0v) is 14.6. The molecule has 6 nitrogen and oxygen atoms in total. The highest BCUT2D eigenvalue weighted by molar-refractivity contribution is 5.93. The van der Waals surface area contributed by atoms with Crippen LogP contribution in [0.4, 0.5) is 10.5 Å². The Morgan fingerprint density at radius 1 is 1.38 bits per heavy atom. The fraction of sp³-hybridized carbons (Fsp3) is 0.556. The van der Waals surface area contributed by atoms with E-state index < -0.39 is 0 Å². The normalized spacial score (nSPS) is 17.2. The van der Waals surface area contributed by atoms with Gasteiger partial charge in [0, 0.05) is 25.4 Å². The second-order valence-electron chi connectivity index (χ2n) is 5.98. The molecule has 132 valence electrons. The number of nitrogens with zero attached hydrogens (tertiary/aromatic N) is 1. The maximum Gasteiger partial charge on any atom is 0.337 e. The lowest BCUT2D eigenvalue weighted by Gasteiger charge is -2.29. The van der Waals surface area contributed by atoms with Crippen LogP contribution in [0, 0.1) is 6.92 Å². The van der Waals surface area contributed by atoms with Crippen molar-refractivity contribution in [3.8, 4) is 0 Å². The molecular weight excluding hydrogens is 308 g/mol. The Labute approximate surface area is 143 Å². The number of aryl methyl sites for hydroxylation is 1. The molecule has 0 unspecified atom stereocenters. The van der Waals surface area contributed by atoms with Gasteiger partial charge in [-0.1, -0.05) is 0 Å². The third-order valence-electron chi connectivity index (χ3n) is 4.26. The third kappa shape index (κ3) is 4.71. The van der Waals surface area contributed by atoms with Crippen molar-refractivity contribution < 1.29 is 19.1 Å². The predicted molar refractivity (Wildman–Crippen MR) is 92.4 cm³/mol. The maximum atomic E-state index is 12.5. The number of urea groups is 1. The van der Waals surface area contributed by atoms with Gasteiger partial charge in [0.2, 0.25) is 0 Å². The molecule has 1 fully saturated rings. The van der Waals surface area contributed by atoms with Crippen LogP contribution in [-0.2, 0) is 9.47 Å². The first-order valence-corrected chi connectivity index (χ1v) is 8.41. The number of rotatable bonds is 5. The van der Waals surface area contributed by atoms with Crippen LogP contribution in [0.25, 0.3) is 0 Å². The lowest BCUT2D eigenvalue weighted by Crippen LogP contribution is -2.41.